The van der Waals surface area contributed by atoms with Gasteiger partial charge < -0.3 is 8.83 Å². The molecule has 0 aliphatic heterocycles. The fourth-order valence-corrected chi connectivity index (χ4v) is 11.1. The smallest absolute Gasteiger partial charge is 0.156 e. The second kappa shape index (κ2) is 15.3. The van der Waals surface area contributed by atoms with Crippen LogP contribution >= 0.6 is 11.3 Å². The molecular formula is C61H40N2O2S. The van der Waals surface area contributed by atoms with E-state index in [4.69, 9.17) is 18.8 Å². The zero-order valence-corrected chi connectivity index (χ0v) is 37.1. The Morgan fingerprint density at radius 3 is 1.77 bits per heavy atom. The molecule has 312 valence electrons. The molecule has 0 saturated carbocycles. The Kier molecular flexibility index (Phi) is 8.87. The maximum absolute atomic E-state index is 6.43. The van der Waals surface area contributed by atoms with E-state index < -0.39 is 0 Å². The number of nitrogens with zero attached hydrogens (tertiary/aromatic N) is 2. The lowest BCUT2D eigenvalue weighted by molar-refractivity contribution is 0.668. The molecule has 0 radical (unpaired) electrons. The van der Waals surface area contributed by atoms with Crippen molar-refractivity contribution in [3.05, 3.63) is 217 Å². The van der Waals surface area contributed by atoms with E-state index in [1.54, 1.807) is 0 Å². The maximum atomic E-state index is 6.43. The van der Waals surface area contributed by atoms with Crippen LogP contribution in [0.2, 0.25) is 0 Å². The third kappa shape index (κ3) is 6.19. The van der Waals surface area contributed by atoms with E-state index in [2.05, 4.69) is 178 Å². The van der Waals surface area contributed by atoms with Gasteiger partial charge in [0.15, 0.2) is 5.84 Å². The summed E-state index contributed by atoms with van der Waals surface area (Å²) >= 11 is 1.83. The normalized spacial score (nSPS) is 13.4. The molecule has 0 saturated heterocycles. The molecule has 0 amide bonds. The van der Waals surface area contributed by atoms with E-state index in [0.717, 1.165) is 71.8 Å². The first-order chi connectivity index (χ1) is 32.6. The molecule has 5 heteroatoms. The molecule has 10 aromatic carbocycles. The minimum Gasteiger partial charge on any atom is -0.456 e. The van der Waals surface area contributed by atoms with Crippen molar-refractivity contribution in [2.45, 2.75) is 19.9 Å². The number of rotatable bonds is 6. The van der Waals surface area contributed by atoms with Gasteiger partial charge in [-0.15, -0.1) is 11.3 Å². The Hall–Kier alpha value is -8.12. The highest BCUT2D eigenvalue weighted by Crippen LogP contribution is 2.41. The zero-order chi connectivity index (χ0) is 43.9. The molecule has 66 heavy (non-hydrogen) atoms. The number of amidine groups is 1. The molecule has 1 unspecified atom stereocenters. The first-order valence-electron chi connectivity index (χ1n) is 22.4. The van der Waals surface area contributed by atoms with Crippen LogP contribution in [0.25, 0.3) is 107 Å². The number of fused-ring (bicyclic) bond motifs is 15. The van der Waals surface area contributed by atoms with Gasteiger partial charge in [0, 0.05) is 53.0 Å². The number of aliphatic imine (C=N–C) groups is 2. The molecule has 0 fully saturated rings. The van der Waals surface area contributed by atoms with Gasteiger partial charge in [-0.3, -0.25) is 4.99 Å². The lowest BCUT2D eigenvalue weighted by Gasteiger charge is -2.14. The van der Waals surface area contributed by atoms with Crippen LogP contribution in [-0.4, -0.2) is 11.5 Å². The standard InChI is InChI=1S/C61H40N2O2S/c1-3-13-53(40-27-31-59-52(35-40)51-34-39(26-30-58(51)66-59)38-25-29-56-50(33-38)46-18-8-10-21-54(46)64-56)63-61(48-20-12-23-57-60(48)47-19-9-11-22-55(47)65-57)62-36(2)37-24-28-45-43-16-5-4-14-41(43)42-15-6-7-17-44(42)49(45)32-37/h3-35,53H,1-2H3/b13-3-,62-36?,63-61?. The fraction of sp³-hybridized carbons (Fsp3) is 0.0492. The van der Waals surface area contributed by atoms with Crippen LogP contribution in [0.1, 0.15) is 36.6 Å². The van der Waals surface area contributed by atoms with Gasteiger partial charge in [0.2, 0.25) is 0 Å². The Balaban J connectivity index is 0.973. The Morgan fingerprint density at radius 1 is 0.470 bits per heavy atom. The van der Waals surface area contributed by atoms with Gasteiger partial charge in [-0.25, -0.2) is 4.99 Å². The quantitative estimate of drug-likeness (QED) is 0.0724. The van der Waals surface area contributed by atoms with E-state index >= 15 is 0 Å². The summed E-state index contributed by atoms with van der Waals surface area (Å²) in [6.07, 6.45) is 4.27. The van der Waals surface area contributed by atoms with Crippen LogP contribution in [0.5, 0.6) is 0 Å². The van der Waals surface area contributed by atoms with E-state index in [1.807, 2.05) is 47.7 Å². The van der Waals surface area contributed by atoms with Gasteiger partial charge in [0.25, 0.3) is 0 Å². The van der Waals surface area contributed by atoms with Crippen LogP contribution in [0, 0.1) is 0 Å². The van der Waals surface area contributed by atoms with Crippen LogP contribution in [0.4, 0.5) is 0 Å². The highest BCUT2D eigenvalue weighted by molar-refractivity contribution is 7.25. The van der Waals surface area contributed by atoms with Crippen molar-refractivity contribution in [3.63, 3.8) is 0 Å². The van der Waals surface area contributed by atoms with Crippen molar-refractivity contribution in [3.8, 4) is 11.1 Å². The van der Waals surface area contributed by atoms with Gasteiger partial charge in [-0.1, -0.05) is 140 Å². The van der Waals surface area contributed by atoms with Crippen molar-refractivity contribution >= 4 is 119 Å². The largest absolute Gasteiger partial charge is 0.456 e. The predicted octanol–water partition coefficient (Wildman–Crippen LogP) is 17.6. The van der Waals surface area contributed by atoms with Crippen molar-refractivity contribution in [2.75, 3.05) is 0 Å². The zero-order valence-electron chi connectivity index (χ0n) is 36.2. The van der Waals surface area contributed by atoms with E-state index in [0.29, 0.717) is 5.84 Å². The van der Waals surface area contributed by atoms with Gasteiger partial charge in [-0.2, -0.15) is 0 Å². The number of thiophene rings is 1. The van der Waals surface area contributed by atoms with Crippen LogP contribution in [0.3, 0.4) is 0 Å². The van der Waals surface area contributed by atoms with E-state index in [1.165, 1.54) is 58.1 Å². The van der Waals surface area contributed by atoms with Crippen molar-refractivity contribution in [1.82, 2.24) is 0 Å². The third-order valence-corrected chi connectivity index (χ3v) is 14.4. The van der Waals surface area contributed by atoms with Gasteiger partial charge in [0.05, 0.1) is 6.04 Å². The summed E-state index contributed by atoms with van der Waals surface area (Å²) in [6.45, 7) is 4.17. The SMILES string of the molecule is C/C=C\C(N=C(N=C(C)c1ccc2c3ccccc3c3ccccc3c2c1)c1cccc2oc3ccccc3c12)c1ccc2sc3ccc(-c4ccc5oc6ccccc6c5c4)cc3c2c1. The summed E-state index contributed by atoms with van der Waals surface area (Å²) in [4.78, 5) is 11.2. The fourth-order valence-electron chi connectivity index (χ4n) is 10.1. The van der Waals surface area contributed by atoms with Gasteiger partial charge >= 0.3 is 0 Å². The molecule has 13 aromatic rings. The van der Waals surface area contributed by atoms with Gasteiger partial charge in [-0.05, 0) is 129 Å². The maximum Gasteiger partial charge on any atom is 0.156 e. The van der Waals surface area contributed by atoms with Crippen LogP contribution in [-0.2, 0) is 0 Å². The number of hydrogen-bond acceptors (Lipinski definition) is 4. The topological polar surface area (TPSA) is 51.0 Å². The molecule has 0 N–H and O–H groups in total. The molecule has 0 bridgehead atoms. The molecule has 0 aliphatic carbocycles. The number of para-hydroxylation sites is 2. The monoisotopic (exact) mass is 864 g/mol. The lowest BCUT2D eigenvalue weighted by atomic mass is 9.93. The summed E-state index contributed by atoms with van der Waals surface area (Å²) < 4.78 is 15.1. The summed E-state index contributed by atoms with van der Waals surface area (Å²) in [5.41, 5.74) is 9.74. The molecule has 13 rings (SSSR count). The van der Waals surface area contributed by atoms with Crippen LogP contribution < -0.4 is 0 Å². The van der Waals surface area contributed by atoms with Crippen LogP contribution in [0.15, 0.2) is 219 Å². The number of benzene rings is 10. The number of hydrogen-bond donors (Lipinski definition) is 0. The number of allylic oxidation sites excluding steroid dienone is 1. The molecule has 3 heterocycles. The lowest BCUT2D eigenvalue weighted by Crippen LogP contribution is -2.07. The Morgan fingerprint density at radius 2 is 1.03 bits per heavy atom. The number of furan rings is 2. The van der Waals surface area contributed by atoms with E-state index in [9.17, 15) is 0 Å². The predicted molar refractivity (Wildman–Crippen MR) is 281 cm³/mol. The Bertz CT molecular complexity index is 4180. The summed E-state index contributed by atoms with van der Waals surface area (Å²) in [6, 6.07) is 66.7. The summed E-state index contributed by atoms with van der Waals surface area (Å²) in [7, 11) is 0. The molecule has 0 spiro atoms. The second-order valence-electron chi connectivity index (χ2n) is 17.1. The minimum atomic E-state index is -0.318. The van der Waals surface area contributed by atoms with Crippen molar-refractivity contribution in [1.29, 1.82) is 0 Å². The first-order valence-corrected chi connectivity index (χ1v) is 23.3. The molecule has 0 aliphatic rings. The molecule has 1 atom stereocenters. The molecule has 4 nitrogen and oxygen atoms in total. The molecule has 3 aromatic heterocycles. The summed E-state index contributed by atoms with van der Waals surface area (Å²) in [5, 5.41) is 14.2. The average molecular weight is 865 g/mol. The average Bonchev–Trinajstić information content (AvgIpc) is 4.06. The van der Waals surface area contributed by atoms with Gasteiger partial charge in [0.1, 0.15) is 22.3 Å². The second-order valence-corrected chi connectivity index (χ2v) is 18.2. The minimum absolute atomic E-state index is 0.318. The highest BCUT2D eigenvalue weighted by Gasteiger charge is 2.19. The summed E-state index contributed by atoms with van der Waals surface area (Å²) in [5.74, 6) is 0.649. The Labute approximate surface area is 384 Å². The van der Waals surface area contributed by atoms with Crippen molar-refractivity contribution < 1.29 is 8.83 Å². The van der Waals surface area contributed by atoms with E-state index in [-0.39, 0.29) is 6.04 Å². The van der Waals surface area contributed by atoms with Crippen molar-refractivity contribution in [2.24, 2.45) is 9.98 Å². The highest BCUT2D eigenvalue weighted by atomic mass is 32.1. The third-order valence-electron chi connectivity index (χ3n) is 13.3. The molecular weight excluding hydrogens is 825 g/mol. The first kappa shape index (κ1) is 38.3.